The van der Waals surface area contributed by atoms with E-state index in [9.17, 15) is 20.0 Å². The van der Waals surface area contributed by atoms with Crippen molar-refractivity contribution < 1.29 is 24.3 Å². The molecule has 0 aromatic heterocycles. The van der Waals surface area contributed by atoms with Gasteiger partial charge in [-0.3, -0.25) is 14.9 Å². The maximum atomic E-state index is 12.4. The van der Waals surface area contributed by atoms with Crippen LogP contribution in [0.15, 0.2) is 42.5 Å². The number of aromatic hydroxyl groups is 1. The van der Waals surface area contributed by atoms with Gasteiger partial charge >= 0.3 is 5.97 Å². The summed E-state index contributed by atoms with van der Waals surface area (Å²) in [6, 6.07) is 11.4. The molecule has 2 N–H and O–H groups in total. The Morgan fingerprint density at radius 1 is 1.28 bits per heavy atom. The van der Waals surface area contributed by atoms with Crippen LogP contribution in [-0.4, -0.2) is 34.2 Å². The lowest BCUT2D eigenvalue weighted by molar-refractivity contribution is -0.582. The van der Waals surface area contributed by atoms with Gasteiger partial charge in [-0.2, -0.15) is 0 Å². The molecule has 0 radical (unpaired) electrons. The van der Waals surface area contributed by atoms with Gasteiger partial charge in [0.1, 0.15) is 17.5 Å². The first-order valence-corrected chi connectivity index (χ1v) is 10.6. The third-order valence-electron chi connectivity index (χ3n) is 5.95. The van der Waals surface area contributed by atoms with Crippen molar-refractivity contribution in [3.8, 4) is 11.5 Å². The van der Waals surface area contributed by atoms with Crippen molar-refractivity contribution >= 4 is 11.7 Å². The molecule has 8 nitrogen and oxygen atoms in total. The quantitative estimate of drug-likeness (QED) is 0.291. The molecule has 1 heterocycles. The number of fused-ring (bicyclic) bond motifs is 1. The van der Waals surface area contributed by atoms with Crippen molar-refractivity contribution in [2.24, 2.45) is 0 Å². The van der Waals surface area contributed by atoms with Gasteiger partial charge in [-0.15, -0.1) is 0 Å². The van der Waals surface area contributed by atoms with Crippen LogP contribution < -0.4 is 10.1 Å². The summed E-state index contributed by atoms with van der Waals surface area (Å²) in [5.74, 6) is -0.125. The predicted molar refractivity (Wildman–Crippen MR) is 121 cm³/mol. The summed E-state index contributed by atoms with van der Waals surface area (Å²) in [6.45, 7) is 9.40. The Bertz CT molecular complexity index is 1020. The Labute approximate surface area is 187 Å². The van der Waals surface area contributed by atoms with E-state index >= 15 is 0 Å². The molecule has 0 aliphatic carbocycles. The zero-order valence-electron chi connectivity index (χ0n) is 19.0. The Kier molecular flexibility index (Phi) is 6.34. The van der Waals surface area contributed by atoms with Gasteiger partial charge in [-0.05, 0) is 36.1 Å². The van der Waals surface area contributed by atoms with E-state index in [1.165, 1.54) is 6.92 Å². The van der Waals surface area contributed by atoms with E-state index in [0.717, 1.165) is 5.56 Å². The zero-order valence-corrected chi connectivity index (χ0v) is 19.0. The highest BCUT2D eigenvalue weighted by molar-refractivity contribution is 5.70. The summed E-state index contributed by atoms with van der Waals surface area (Å²) in [7, 11) is 0. The van der Waals surface area contributed by atoms with E-state index in [2.05, 4.69) is 5.32 Å². The normalized spacial score (nSPS) is 22.4. The van der Waals surface area contributed by atoms with Crippen LogP contribution in [0.2, 0.25) is 0 Å². The van der Waals surface area contributed by atoms with Crippen LogP contribution in [-0.2, 0) is 14.9 Å². The number of hydrogen-bond donors (Lipinski definition) is 2. The van der Waals surface area contributed by atoms with Gasteiger partial charge in [0.25, 0.3) is 5.54 Å². The fraction of sp³-hybridized carbons (Fsp3) is 0.458. The second-order valence-corrected chi connectivity index (χ2v) is 9.20. The second kappa shape index (κ2) is 8.68. The third-order valence-corrected chi connectivity index (χ3v) is 5.95. The molecule has 0 unspecified atom stereocenters. The van der Waals surface area contributed by atoms with E-state index in [-0.39, 0.29) is 24.2 Å². The predicted octanol–water partition coefficient (Wildman–Crippen LogP) is 4.59. The Morgan fingerprint density at radius 2 is 1.97 bits per heavy atom. The molecule has 1 aliphatic heterocycles. The fourth-order valence-corrected chi connectivity index (χ4v) is 3.94. The molecule has 172 valence electrons. The molecule has 3 atom stereocenters. The number of nitrogens with one attached hydrogen (secondary N) is 1. The summed E-state index contributed by atoms with van der Waals surface area (Å²) in [6.07, 6.45) is -1.34. The van der Waals surface area contributed by atoms with Crippen LogP contribution in [0.4, 0.5) is 5.69 Å². The molecular formula is C24H30N2O6. The number of rotatable bonds is 6. The number of phenolic OH excluding ortho intramolecular Hbond substituents is 1. The maximum Gasteiger partial charge on any atom is 0.309 e. The fourth-order valence-electron chi connectivity index (χ4n) is 3.94. The molecule has 0 bridgehead atoms. The second-order valence-electron chi connectivity index (χ2n) is 9.20. The van der Waals surface area contributed by atoms with Gasteiger partial charge in [0.05, 0.1) is 18.7 Å². The maximum absolute atomic E-state index is 12.4. The van der Waals surface area contributed by atoms with Crippen molar-refractivity contribution in [3.63, 3.8) is 0 Å². The van der Waals surface area contributed by atoms with E-state index in [0.29, 0.717) is 17.0 Å². The molecule has 0 amide bonds. The number of nitro groups is 1. The van der Waals surface area contributed by atoms with E-state index in [4.69, 9.17) is 9.47 Å². The molecule has 8 heteroatoms. The number of ether oxygens (including phenoxy) is 2. The lowest BCUT2D eigenvalue weighted by Gasteiger charge is -2.41. The van der Waals surface area contributed by atoms with Crippen LogP contribution in [0.25, 0.3) is 0 Å². The van der Waals surface area contributed by atoms with Gasteiger partial charge in [0.15, 0.2) is 6.10 Å². The highest BCUT2D eigenvalue weighted by Crippen LogP contribution is 2.46. The molecule has 2 aromatic carbocycles. The number of nitrogens with zero attached hydrogens (tertiary/aromatic N) is 1. The largest absolute Gasteiger partial charge is 0.506 e. The van der Waals surface area contributed by atoms with Crippen LogP contribution in [0.5, 0.6) is 11.5 Å². The van der Waals surface area contributed by atoms with Crippen LogP contribution in [0.3, 0.4) is 0 Å². The summed E-state index contributed by atoms with van der Waals surface area (Å²) in [4.78, 5) is 24.2. The highest BCUT2D eigenvalue weighted by Gasteiger charge is 2.59. The van der Waals surface area contributed by atoms with Crippen molar-refractivity contribution in [2.75, 3.05) is 11.9 Å². The molecular weight excluding hydrogens is 412 g/mol. The summed E-state index contributed by atoms with van der Waals surface area (Å²) < 4.78 is 11.0. The average molecular weight is 443 g/mol. The van der Waals surface area contributed by atoms with Gasteiger partial charge in [-0.1, -0.05) is 45.0 Å². The smallest absolute Gasteiger partial charge is 0.309 e. The topological polar surface area (TPSA) is 111 Å². The Hall–Kier alpha value is -3.29. The van der Waals surface area contributed by atoms with Crippen molar-refractivity contribution in [1.29, 1.82) is 0 Å². The van der Waals surface area contributed by atoms with Crippen molar-refractivity contribution in [3.05, 3.63) is 63.7 Å². The standard InChI is InChI=1S/C24H30N2O6/c1-6-31-21(28)14-20-24(5,26(29)30)22(16-9-7-8-10-19(16)32-20)25-17-12-11-15(13-18(17)27)23(2,3)4/h7-13,20,22,25,27H,6,14H2,1-5H3/t20-,22-,24-/m0/s1. The number of carbonyl (C=O) groups is 1. The number of anilines is 1. The molecule has 3 rings (SSSR count). The number of carbonyl (C=O) groups excluding carboxylic acids is 1. The van der Waals surface area contributed by atoms with Gasteiger partial charge in [0.2, 0.25) is 0 Å². The number of benzene rings is 2. The van der Waals surface area contributed by atoms with E-state index in [1.54, 1.807) is 43.3 Å². The zero-order chi connectivity index (χ0) is 23.7. The van der Waals surface area contributed by atoms with Gasteiger partial charge < -0.3 is 19.9 Å². The number of esters is 1. The average Bonchev–Trinajstić information content (AvgIpc) is 2.71. The summed E-state index contributed by atoms with van der Waals surface area (Å²) in [5, 5.41) is 26.2. The van der Waals surface area contributed by atoms with Crippen LogP contribution in [0.1, 0.15) is 58.2 Å². The van der Waals surface area contributed by atoms with Crippen LogP contribution in [0, 0.1) is 10.1 Å². The summed E-state index contributed by atoms with van der Waals surface area (Å²) in [5.41, 5.74) is -0.00335. The molecule has 0 fully saturated rings. The number of para-hydroxylation sites is 1. The highest BCUT2D eigenvalue weighted by atomic mass is 16.6. The van der Waals surface area contributed by atoms with Crippen molar-refractivity contribution in [1.82, 2.24) is 0 Å². The first-order valence-electron chi connectivity index (χ1n) is 10.6. The molecule has 0 saturated heterocycles. The molecule has 1 aliphatic rings. The first kappa shape index (κ1) is 23.4. The van der Waals surface area contributed by atoms with Crippen molar-refractivity contribution in [2.45, 2.75) is 64.1 Å². The van der Waals surface area contributed by atoms with Gasteiger partial charge in [-0.25, -0.2) is 0 Å². The number of hydrogen-bond acceptors (Lipinski definition) is 7. The SMILES string of the molecule is CCOC(=O)C[C@@H]1Oc2ccccc2[C@H](Nc2ccc(C(C)(C)C)cc2O)[C@@]1(C)[N+](=O)[O-]. The van der Waals surface area contributed by atoms with E-state index < -0.39 is 28.6 Å². The lowest BCUT2D eigenvalue weighted by atomic mass is 9.78. The Morgan fingerprint density at radius 3 is 2.56 bits per heavy atom. The minimum atomic E-state index is -1.71. The molecule has 32 heavy (non-hydrogen) atoms. The number of phenols is 1. The Balaban J connectivity index is 2.06. The minimum Gasteiger partial charge on any atom is -0.506 e. The molecule has 0 saturated carbocycles. The molecule has 2 aromatic rings. The lowest BCUT2D eigenvalue weighted by Crippen LogP contribution is -2.59. The third kappa shape index (κ3) is 4.35. The molecule has 0 spiro atoms. The first-order chi connectivity index (χ1) is 15.0. The van der Waals surface area contributed by atoms with Crippen LogP contribution >= 0.6 is 0 Å². The van der Waals surface area contributed by atoms with E-state index in [1.807, 2.05) is 26.8 Å². The minimum absolute atomic E-state index is 0.00552. The summed E-state index contributed by atoms with van der Waals surface area (Å²) >= 11 is 0. The monoisotopic (exact) mass is 442 g/mol. The van der Waals surface area contributed by atoms with Gasteiger partial charge in [0, 0.05) is 17.4 Å².